The van der Waals surface area contributed by atoms with Gasteiger partial charge in [-0.1, -0.05) is 37.1 Å². The van der Waals surface area contributed by atoms with Crippen LogP contribution < -0.4 is 10.2 Å². The van der Waals surface area contributed by atoms with E-state index in [4.69, 9.17) is 0 Å². The summed E-state index contributed by atoms with van der Waals surface area (Å²) in [6, 6.07) is 8.93. The van der Waals surface area contributed by atoms with Gasteiger partial charge < -0.3 is 15.1 Å². The van der Waals surface area contributed by atoms with Gasteiger partial charge in [-0.15, -0.1) is 0 Å². The molecule has 0 unspecified atom stereocenters. The first-order chi connectivity index (χ1) is 12.3. The number of nitrogens with zero attached hydrogens (tertiary/aromatic N) is 3. The lowest BCUT2D eigenvalue weighted by Crippen LogP contribution is -2.40. The molecule has 0 atom stereocenters. The number of benzene rings is 1. The average Bonchev–Trinajstić information content (AvgIpc) is 3.40. The average molecular weight is 338 g/mol. The predicted octanol–water partition coefficient (Wildman–Crippen LogP) is 3.40. The molecule has 1 saturated carbocycles. The fourth-order valence-corrected chi connectivity index (χ4v) is 4.68. The summed E-state index contributed by atoms with van der Waals surface area (Å²) in [4.78, 5) is 9.38. The number of anilines is 1. The van der Waals surface area contributed by atoms with E-state index >= 15 is 0 Å². The van der Waals surface area contributed by atoms with Gasteiger partial charge in [0.05, 0.1) is 0 Å². The number of rotatable bonds is 3. The predicted molar refractivity (Wildman–Crippen MR) is 105 cm³/mol. The van der Waals surface area contributed by atoms with E-state index in [0.29, 0.717) is 5.41 Å². The Labute approximate surface area is 151 Å². The minimum Gasteiger partial charge on any atom is -0.364 e. The molecule has 1 aromatic carbocycles. The summed E-state index contributed by atoms with van der Waals surface area (Å²) in [6.45, 7) is 5.24. The highest BCUT2D eigenvalue weighted by Gasteiger charge is 2.41. The molecule has 1 saturated heterocycles. The molecule has 134 valence electrons. The van der Waals surface area contributed by atoms with Gasteiger partial charge in [0.15, 0.2) is 5.96 Å². The molecule has 0 bridgehead atoms. The van der Waals surface area contributed by atoms with Crippen LogP contribution in [0.15, 0.2) is 41.4 Å². The van der Waals surface area contributed by atoms with E-state index in [-0.39, 0.29) is 0 Å². The normalized spacial score (nSPS) is 22.4. The highest BCUT2D eigenvalue weighted by molar-refractivity contribution is 5.80. The van der Waals surface area contributed by atoms with E-state index in [1.54, 1.807) is 0 Å². The fourth-order valence-electron chi connectivity index (χ4n) is 4.68. The molecule has 1 spiro atoms. The van der Waals surface area contributed by atoms with Crippen molar-refractivity contribution in [1.29, 1.82) is 0 Å². The molecular formula is C21H30N4. The molecule has 4 heteroatoms. The molecule has 3 aliphatic rings. The summed E-state index contributed by atoms with van der Waals surface area (Å²) in [5.41, 5.74) is 3.20. The quantitative estimate of drug-likeness (QED) is 0.521. The molecule has 0 radical (unpaired) electrons. The minimum atomic E-state index is 0.586. The Morgan fingerprint density at radius 1 is 1.08 bits per heavy atom. The molecule has 2 aliphatic heterocycles. The van der Waals surface area contributed by atoms with Gasteiger partial charge in [-0.2, -0.15) is 0 Å². The van der Waals surface area contributed by atoms with Crippen LogP contribution in [0.4, 0.5) is 5.69 Å². The number of hydrogen-bond donors (Lipinski definition) is 1. The Morgan fingerprint density at radius 2 is 1.80 bits per heavy atom. The second kappa shape index (κ2) is 7.11. The van der Waals surface area contributed by atoms with E-state index in [9.17, 15) is 0 Å². The van der Waals surface area contributed by atoms with Gasteiger partial charge in [0.25, 0.3) is 0 Å². The van der Waals surface area contributed by atoms with Crippen LogP contribution in [0.2, 0.25) is 0 Å². The Balaban J connectivity index is 1.32. The van der Waals surface area contributed by atoms with Crippen molar-refractivity contribution in [3.8, 4) is 0 Å². The largest absolute Gasteiger partial charge is 0.364 e. The van der Waals surface area contributed by atoms with E-state index in [2.05, 4.69) is 56.5 Å². The number of hydrogen-bond acceptors (Lipinski definition) is 2. The summed E-state index contributed by atoms with van der Waals surface area (Å²) in [7, 11) is 1.91. The molecule has 1 aliphatic carbocycles. The van der Waals surface area contributed by atoms with E-state index in [1.165, 1.54) is 49.9 Å². The Hall–Kier alpha value is -1.97. The van der Waals surface area contributed by atoms with Gasteiger partial charge in [0.1, 0.15) is 0 Å². The monoisotopic (exact) mass is 338 g/mol. The first kappa shape index (κ1) is 16.5. The minimum absolute atomic E-state index is 0.586. The van der Waals surface area contributed by atoms with Gasteiger partial charge in [-0.05, 0) is 42.4 Å². The molecule has 4 rings (SSSR count). The van der Waals surface area contributed by atoms with Crippen LogP contribution >= 0.6 is 0 Å². The second-order valence-corrected chi connectivity index (χ2v) is 7.82. The van der Waals surface area contributed by atoms with Crippen molar-refractivity contribution < 1.29 is 0 Å². The SMILES string of the molecule is CN=C(NCc1ccc(N2CC=CC2)cc1)N1CCC2(CCCC2)C1. The zero-order valence-corrected chi connectivity index (χ0v) is 15.4. The smallest absolute Gasteiger partial charge is 0.193 e. The first-order valence-corrected chi connectivity index (χ1v) is 9.73. The van der Waals surface area contributed by atoms with Crippen molar-refractivity contribution in [1.82, 2.24) is 10.2 Å². The van der Waals surface area contributed by atoms with Crippen molar-refractivity contribution >= 4 is 11.6 Å². The molecule has 25 heavy (non-hydrogen) atoms. The zero-order chi connectivity index (χ0) is 17.1. The van der Waals surface area contributed by atoms with Gasteiger partial charge in [0, 0.05) is 45.5 Å². The fraction of sp³-hybridized carbons (Fsp3) is 0.571. The third-order valence-electron chi connectivity index (χ3n) is 6.18. The summed E-state index contributed by atoms with van der Waals surface area (Å²) in [6.07, 6.45) is 11.4. The van der Waals surface area contributed by atoms with Gasteiger partial charge in [-0.3, -0.25) is 4.99 Å². The van der Waals surface area contributed by atoms with Crippen molar-refractivity contribution in [3.63, 3.8) is 0 Å². The molecule has 1 aromatic rings. The summed E-state index contributed by atoms with van der Waals surface area (Å²) in [5.74, 6) is 1.07. The summed E-state index contributed by atoms with van der Waals surface area (Å²) >= 11 is 0. The maximum atomic E-state index is 4.54. The Kier molecular flexibility index (Phi) is 4.69. The molecular weight excluding hydrogens is 308 g/mol. The Morgan fingerprint density at radius 3 is 2.48 bits per heavy atom. The lowest BCUT2D eigenvalue weighted by atomic mass is 9.86. The highest BCUT2D eigenvalue weighted by Crippen LogP contribution is 2.45. The first-order valence-electron chi connectivity index (χ1n) is 9.73. The molecule has 2 heterocycles. The van der Waals surface area contributed by atoms with Crippen LogP contribution in [0.1, 0.15) is 37.7 Å². The zero-order valence-electron chi connectivity index (χ0n) is 15.4. The van der Waals surface area contributed by atoms with Gasteiger partial charge in [0.2, 0.25) is 0 Å². The summed E-state index contributed by atoms with van der Waals surface area (Å²) < 4.78 is 0. The van der Waals surface area contributed by atoms with Gasteiger partial charge >= 0.3 is 0 Å². The standard InChI is InChI=1S/C21H30N4/c1-22-20(25-15-12-21(17-25)10-2-3-11-21)23-16-18-6-8-19(9-7-18)24-13-4-5-14-24/h4-9H,2-3,10-17H2,1H3,(H,22,23). The third-order valence-corrected chi connectivity index (χ3v) is 6.18. The maximum absolute atomic E-state index is 4.54. The van der Waals surface area contributed by atoms with Gasteiger partial charge in [-0.25, -0.2) is 0 Å². The van der Waals surface area contributed by atoms with Crippen molar-refractivity contribution in [3.05, 3.63) is 42.0 Å². The van der Waals surface area contributed by atoms with Crippen LogP contribution in [0.25, 0.3) is 0 Å². The lowest BCUT2D eigenvalue weighted by molar-refractivity contribution is 0.309. The highest BCUT2D eigenvalue weighted by atomic mass is 15.3. The topological polar surface area (TPSA) is 30.9 Å². The number of likely N-dealkylation sites (tertiary alicyclic amines) is 1. The molecule has 1 N–H and O–H groups in total. The van der Waals surface area contributed by atoms with Crippen LogP contribution in [-0.4, -0.2) is 44.1 Å². The molecule has 0 aromatic heterocycles. The molecule has 4 nitrogen and oxygen atoms in total. The van der Waals surface area contributed by atoms with Crippen molar-refractivity contribution in [2.24, 2.45) is 10.4 Å². The second-order valence-electron chi connectivity index (χ2n) is 7.82. The van der Waals surface area contributed by atoms with Crippen LogP contribution in [-0.2, 0) is 6.54 Å². The number of guanidine groups is 1. The van der Waals surface area contributed by atoms with Crippen LogP contribution in [0.5, 0.6) is 0 Å². The van der Waals surface area contributed by atoms with Crippen molar-refractivity contribution in [2.45, 2.75) is 38.6 Å². The molecule has 2 fully saturated rings. The third kappa shape index (κ3) is 3.53. The van der Waals surface area contributed by atoms with Crippen LogP contribution in [0, 0.1) is 5.41 Å². The van der Waals surface area contributed by atoms with E-state index < -0.39 is 0 Å². The van der Waals surface area contributed by atoms with Crippen molar-refractivity contribution in [2.75, 3.05) is 38.1 Å². The lowest BCUT2D eigenvalue weighted by Gasteiger charge is -2.26. The maximum Gasteiger partial charge on any atom is 0.193 e. The number of nitrogens with one attached hydrogen (secondary N) is 1. The molecule has 0 amide bonds. The Bertz CT molecular complexity index is 632. The van der Waals surface area contributed by atoms with E-state index in [1.807, 2.05) is 7.05 Å². The summed E-state index contributed by atoms with van der Waals surface area (Å²) in [5, 5.41) is 3.57. The number of aliphatic imine (C=N–C) groups is 1. The van der Waals surface area contributed by atoms with Crippen LogP contribution in [0.3, 0.4) is 0 Å². The van der Waals surface area contributed by atoms with E-state index in [0.717, 1.165) is 32.1 Å².